The van der Waals surface area contributed by atoms with Gasteiger partial charge in [0.05, 0.1) is 33.5 Å². The quantitative estimate of drug-likeness (QED) is 0.168. The van der Waals surface area contributed by atoms with Gasteiger partial charge < -0.3 is 13.6 Å². The van der Waals surface area contributed by atoms with Gasteiger partial charge in [0.25, 0.3) is 0 Å². The molecule has 13 aromatic rings. The van der Waals surface area contributed by atoms with Crippen LogP contribution in [0.15, 0.2) is 223 Å². The fraction of sp³-hybridized carbons (Fsp3) is 0. The first-order valence-electron chi connectivity index (χ1n) is 21.3. The Bertz CT molecular complexity index is 3860. The zero-order valence-electron chi connectivity index (χ0n) is 34.0. The molecule has 5 aromatic heterocycles. The summed E-state index contributed by atoms with van der Waals surface area (Å²) < 4.78 is 10.9. The molecule has 0 spiro atoms. The Morgan fingerprint density at radius 3 is 1.57 bits per heavy atom. The highest BCUT2D eigenvalue weighted by Gasteiger charge is 2.18. The number of pyridine rings is 2. The van der Waals surface area contributed by atoms with Crippen molar-refractivity contribution in [3.63, 3.8) is 0 Å². The SMILES string of the molecule is c1ccc(-c2cc(-c3ccccc3)nc(-c3cccc(-n4c5ccccc5c5cc(-c6ccc7c(c6)c6ccccc6n7-c6ccc7oc8cccnc8c7c6)ccc54)c3)c2)cc1. The molecule has 5 heterocycles. The lowest BCUT2D eigenvalue weighted by atomic mass is 10.00. The number of hydrogen-bond donors (Lipinski definition) is 0. The first-order valence-corrected chi connectivity index (χ1v) is 21.3. The fourth-order valence-corrected chi connectivity index (χ4v) is 9.62. The number of benzene rings is 8. The van der Waals surface area contributed by atoms with Crippen molar-refractivity contribution in [3.05, 3.63) is 219 Å². The summed E-state index contributed by atoms with van der Waals surface area (Å²) in [6, 6.07) is 75.7. The summed E-state index contributed by atoms with van der Waals surface area (Å²) in [5.74, 6) is 0. The topological polar surface area (TPSA) is 48.8 Å². The van der Waals surface area contributed by atoms with Crippen molar-refractivity contribution in [2.75, 3.05) is 0 Å². The molecule has 0 fully saturated rings. The molecule has 0 aliphatic heterocycles. The van der Waals surface area contributed by atoms with Crippen LogP contribution < -0.4 is 0 Å². The minimum absolute atomic E-state index is 0.796. The Balaban J connectivity index is 0.931. The van der Waals surface area contributed by atoms with Gasteiger partial charge in [0.2, 0.25) is 0 Å². The van der Waals surface area contributed by atoms with Crippen molar-refractivity contribution in [2.24, 2.45) is 0 Å². The molecular formula is C58H36N4O. The van der Waals surface area contributed by atoms with E-state index in [0.717, 1.165) is 89.2 Å². The maximum absolute atomic E-state index is 6.13. The van der Waals surface area contributed by atoms with Gasteiger partial charge in [0.1, 0.15) is 11.1 Å². The second-order valence-electron chi connectivity index (χ2n) is 16.2. The van der Waals surface area contributed by atoms with Gasteiger partial charge in [-0.05, 0) is 113 Å². The lowest BCUT2D eigenvalue weighted by molar-refractivity contribution is 0.668. The first-order chi connectivity index (χ1) is 31.2. The average molecular weight is 805 g/mol. The molecule has 0 unspecified atom stereocenters. The summed E-state index contributed by atoms with van der Waals surface area (Å²) in [7, 11) is 0. The third-order valence-corrected chi connectivity index (χ3v) is 12.5. The normalized spacial score (nSPS) is 11.8. The van der Waals surface area contributed by atoms with E-state index in [1.54, 1.807) is 0 Å². The minimum Gasteiger partial charge on any atom is -0.454 e. The van der Waals surface area contributed by atoms with E-state index in [4.69, 9.17) is 9.40 Å². The Kier molecular flexibility index (Phi) is 7.84. The first kappa shape index (κ1) is 35.2. The highest BCUT2D eigenvalue weighted by molar-refractivity contribution is 6.13. The molecule has 0 aliphatic carbocycles. The van der Waals surface area contributed by atoms with Gasteiger partial charge in [-0.3, -0.25) is 4.98 Å². The number of fused-ring (bicyclic) bond motifs is 9. The maximum atomic E-state index is 6.13. The lowest BCUT2D eigenvalue weighted by Crippen LogP contribution is -1.96. The van der Waals surface area contributed by atoms with E-state index >= 15 is 0 Å². The van der Waals surface area contributed by atoms with Crippen LogP contribution in [0.5, 0.6) is 0 Å². The molecule has 5 heteroatoms. The monoisotopic (exact) mass is 804 g/mol. The summed E-state index contributed by atoms with van der Waals surface area (Å²) >= 11 is 0. The Morgan fingerprint density at radius 2 is 0.889 bits per heavy atom. The van der Waals surface area contributed by atoms with E-state index in [2.05, 4.69) is 208 Å². The molecule has 0 saturated carbocycles. The van der Waals surface area contributed by atoms with E-state index in [1.807, 2.05) is 24.4 Å². The van der Waals surface area contributed by atoms with E-state index < -0.39 is 0 Å². The molecule has 0 atom stereocenters. The molecular weight excluding hydrogens is 769 g/mol. The third kappa shape index (κ3) is 5.71. The fourth-order valence-electron chi connectivity index (χ4n) is 9.62. The van der Waals surface area contributed by atoms with Crippen LogP contribution in [-0.4, -0.2) is 19.1 Å². The third-order valence-electron chi connectivity index (χ3n) is 12.5. The highest BCUT2D eigenvalue weighted by atomic mass is 16.3. The molecule has 8 aromatic carbocycles. The second kappa shape index (κ2) is 14.0. The lowest BCUT2D eigenvalue weighted by Gasteiger charge is -2.13. The smallest absolute Gasteiger partial charge is 0.153 e. The van der Waals surface area contributed by atoms with Crippen LogP contribution in [0.2, 0.25) is 0 Å². The Labute approximate surface area is 362 Å². The van der Waals surface area contributed by atoms with Gasteiger partial charge in [0, 0.05) is 55.6 Å². The van der Waals surface area contributed by atoms with E-state index in [9.17, 15) is 0 Å². The molecule has 0 saturated heterocycles. The molecule has 0 bridgehead atoms. The average Bonchev–Trinajstić information content (AvgIpc) is 4.01. The number of aromatic nitrogens is 4. The summed E-state index contributed by atoms with van der Waals surface area (Å²) in [5, 5.41) is 5.85. The van der Waals surface area contributed by atoms with Crippen LogP contribution >= 0.6 is 0 Å². The van der Waals surface area contributed by atoms with Gasteiger partial charge >= 0.3 is 0 Å². The van der Waals surface area contributed by atoms with Crippen LogP contribution in [0.1, 0.15) is 0 Å². The van der Waals surface area contributed by atoms with Crippen molar-refractivity contribution in [1.29, 1.82) is 0 Å². The molecule has 0 radical (unpaired) electrons. The summed E-state index contributed by atoms with van der Waals surface area (Å²) in [6.07, 6.45) is 1.82. The van der Waals surface area contributed by atoms with Crippen LogP contribution in [-0.2, 0) is 0 Å². The van der Waals surface area contributed by atoms with Crippen LogP contribution in [0, 0.1) is 0 Å². The van der Waals surface area contributed by atoms with Gasteiger partial charge in [-0.1, -0.05) is 121 Å². The summed E-state index contributed by atoms with van der Waals surface area (Å²) in [6.45, 7) is 0. The van der Waals surface area contributed by atoms with E-state index in [0.29, 0.717) is 0 Å². The predicted octanol–water partition coefficient (Wildman–Crippen LogP) is 15.2. The Hall–Kier alpha value is -8.54. The summed E-state index contributed by atoms with van der Waals surface area (Å²) in [5.41, 5.74) is 18.0. The molecule has 5 nitrogen and oxygen atoms in total. The van der Waals surface area contributed by atoms with E-state index in [-0.39, 0.29) is 0 Å². The molecule has 0 amide bonds. The van der Waals surface area contributed by atoms with Gasteiger partial charge in [-0.15, -0.1) is 0 Å². The van der Waals surface area contributed by atoms with Crippen LogP contribution in [0.25, 0.3) is 122 Å². The maximum Gasteiger partial charge on any atom is 0.153 e. The summed E-state index contributed by atoms with van der Waals surface area (Å²) in [4.78, 5) is 9.91. The van der Waals surface area contributed by atoms with Crippen molar-refractivity contribution < 1.29 is 4.42 Å². The number of para-hydroxylation sites is 2. The molecule has 0 N–H and O–H groups in total. The standard InChI is InChI=1S/C58H36N4O/c1-3-13-37(14-4-1)42-34-50(38-15-5-2-6-16-38)60-51(35-42)41-17-11-18-43(31-41)61-52-21-9-7-19-45(52)47-32-39(24-27-54(47)61)40-25-28-55-48(33-40)46-20-8-10-22-53(46)62(55)44-26-29-56-49(36-44)58-57(63-56)23-12-30-59-58/h1-36H. The number of nitrogens with zero attached hydrogens (tertiary/aromatic N) is 4. The minimum atomic E-state index is 0.796. The number of rotatable bonds is 6. The number of furan rings is 1. The number of hydrogen-bond acceptors (Lipinski definition) is 3. The van der Waals surface area contributed by atoms with E-state index in [1.165, 1.54) is 32.7 Å². The van der Waals surface area contributed by atoms with Crippen molar-refractivity contribution in [2.45, 2.75) is 0 Å². The molecule has 294 valence electrons. The highest BCUT2D eigenvalue weighted by Crippen LogP contribution is 2.40. The molecule has 0 aliphatic rings. The van der Waals surface area contributed by atoms with Crippen molar-refractivity contribution in [3.8, 4) is 56.1 Å². The largest absolute Gasteiger partial charge is 0.454 e. The Morgan fingerprint density at radius 1 is 0.317 bits per heavy atom. The van der Waals surface area contributed by atoms with Gasteiger partial charge in [-0.2, -0.15) is 0 Å². The van der Waals surface area contributed by atoms with Crippen LogP contribution in [0.4, 0.5) is 0 Å². The van der Waals surface area contributed by atoms with Crippen molar-refractivity contribution in [1.82, 2.24) is 19.1 Å². The zero-order chi connectivity index (χ0) is 41.4. The van der Waals surface area contributed by atoms with Crippen LogP contribution in [0.3, 0.4) is 0 Å². The van der Waals surface area contributed by atoms with Gasteiger partial charge in [-0.25, -0.2) is 4.98 Å². The zero-order valence-corrected chi connectivity index (χ0v) is 34.0. The van der Waals surface area contributed by atoms with Crippen molar-refractivity contribution >= 4 is 65.7 Å². The predicted molar refractivity (Wildman–Crippen MR) is 260 cm³/mol. The second-order valence-corrected chi connectivity index (χ2v) is 16.2. The van der Waals surface area contributed by atoms with Gasteiger partial charge in [0.15, 0.2) is 5.58 Å². The molecule has 63 heavy (non-hydrogen) atoms. The molecule has 13 rings (SSSR count).